The van der Waals surface area contributed by atoms with E-state index >= 15 is 0 Å². The van der Waals surface area contributed by atoms with Gasteiger partial charge in [0.15, 0.2) is 6.61 Å². The molecule has 8 nitrogen and oxygen atoms in total. The van der Waals surface area contributed by atoms with Gasteiger partial charge in [-0.25, -0.2) is 17.5 Å². The first-order valence-corrected chi connectivity index (χ1v) is 10.6. The molecule has 0 atom stereocenters. The Labute approximate surface area is 168 Å². The Balaban J connectivity index is 1.97. The van der Waals surface area contributed by atoms with Crippen molar-refractivity contribution in [3.05, 3.63) is 46.2 Å². The number of carbonyl (C=O) groups is 2. The highest BCUT2D eigenvalue weighted by molar-refractivity contribution is 7.89. The maximum atomic E-state index is 12.4. The molecule has 0 saturated heterocycles. The van der Waals surface area contributed by atoms with E-state index in [1.165, 1.54) is 39.4 Å². The number of nitrogens with zero attached hydrogens (tertiary/aromatic N) is 1. The van der Waals surface area contributed by atoms with Crippen molar-refractivity contribution in [2.45, 2.75) is 11.3 Å². The van der Waals surface area contributed by atoms with E-state index in [1.54, 1.807) is 11.3 Å². The van der Waals surface area contributed by atoms with E-state index in [0.29, 0.717) is 13.0 Å². The number of nitrogens with one attached hydrogen (secondary N) is 1. The van der Waals surface area contributed by atoms with Crippen LogP contribution in [0.1, 0.15) is 15.2 Å². The van der Waals surface area contributed by atoms with Crippen molar-refractivity contribution in [1.29, 1.82) is 0 Å². The number of amides is 1. The summed E-state index contributed by atoms with van der Waals surface area (Å²) < 4.78 is 35.9. The monoisotopic (exact) mass is 426 g/mol. The Kier molecular flexibility index (Phi) is 7.55. The third-order valence-corrected chi connectivity index (χ3v) is 6.54. The first-order chi connectivity index (χ1) is 13.3. The van der Waals surface area contributed by atoms with Gasteiger partial charge in [0, 0.05) is 25.5 Å². The summed E-state index contributed by atoms with van der Waals surface area (Å²) in [5, 5.41) is 4.62. The molecule has 1 aromatic heterocycles. The molecule has 0 unspecified atom stereocenters. The van der Waals surface area contributed by atoms with Crippen LogP contribution in [0.2, 0.25) is 0 Å². The highest BCUT2D eigenvalue weighted by atomic mass is 32.2. The number of esters is 1. The van der Waals surface area contributed by atoms with Crippen molar-refractivity contribution in [1.82, 2.24) is 9.62 Å². The molecule has 0 fully saturated rings. The minimum atomic E-state index is -3.82. The smallest absolute Gasteiger partial charge is 0.338 e. The van der Waals surface area contributed by atoms with Gasteiger partial charge in [-0.2, -0.15) is 0 Å². The number of methoxy groups -OCH3 is 1. The number of thiophene rings is 1. The lowest BCUT2D eigenvalue weighted by molar-refractivity contribution is -0.124. The van der Waals surface area contributed by atoms with Crippen molar-refractivity contribution >= 4 is 33.2 Å². The molecule has 1 aromatic carbocycles. The number of benzene rings is 1. The second kappa shape index (κ2) is 9.67. The molecule has 1 N–H and O–H groups in total. The highest BCUT2D eigenvalue weighted by Gasteiger charge is 2.24. The summed E-state index contributed by atoms with van der Waals surface area (Å²) in [6.07, 6.45) is 0.696. The quantitative estimate of drug-likeness (QED) is 0.610. The fourth-order valence-corrected chi connectivity index (χ4v) is 4.03. The Hall–Kier alpha value is -2.43. The molecule has 0 bridgehead atoms. The molecule has 152 valence electrons. The molecule has 0 aliphatic rings. The molecule has 0 saturated carbocycles. The molecule has 10 heteroatoms. The summed E-state index contributed by atoms with van der Waals surface area (Å²) >= 11 is 1.60. The van der Waals surface area contributed by atoms with Gasteiger partial charge in [-0.3, -0.25) is 4.79 Å². The number of rotatable bonds is 9. The molecule has 28 heavy (non-hydrogen) atoms. The molecule has 0 spiro atoms. The number of hydrogen-bond donors (Lipinski definition) is 1. The Morgan fingerprint density at radius 3 is 2.57 bits per heavy atom. The zero-order chi connectivity index (χ0) is 20.7. The summed E-state index contributed by atoms with van der Waals surface area (Å²) in [6, 6.07) is 7.83. The second-order valence-corrected chi connectivity index (χ2v) is 9.06. The van der Waals surface area contributed by atoms with Gasteiger partial charge >= 0.3 is 5.97 Å². The Bertz CT molecular complexity index is 924. The maximum Gasteiger partial charge on any atom is 0.338 e. The fraction of sp³-hybridized carbons (Fsp3) is 0.333. The lowest BCUT2D eigenvalue weighted by Gasteiger charge is -2.15. The van der Waals surface area contributed by atoms with E-state index in [4.69, 9.17) is 9.47 Å². The van der Waals surface area contributed by atoms with Gasteiger partial charge in [0.2, 0.25) is 10.0 Å². The third-order valence-electron chi connectivity index (χ3n) is 3.77. The van der Waals surface area contributed by atoms with E-state index in [2.05, 4.69) is 5.32 Å². The number of ether oxygens (including phenoxy) is 2. The molecule has 0 radical (unpaired) electrons. The lowest BCUT2D eigenvalue weighted by Crippen LogP contribution is -2.30. The molecule has 1 heterocycles. The third kappa shape index (κ3) is 5.54. The predicted molar refractivity (Wildman–Crippen MR) is 105 cm³/mol. The van der Waals surface area contributed by atoms with Gasteiger partial charge in [-0.1, -0.05) is 6.07 Å². The Morgan fingerprint density at radius 1 is 1.21 bits per heavy atom. The van der Waals surface area contributed by atoms with E-state index in [-0.39, 0.29) is 16.2 Å². The van der Waals surface area contributed by atoms with Crippen molar-refractivity contribution in [3.63, 3.8) is 0 Å². The van der Waals surface area contributed by atoms with E-state index in [1.807, 2.05) is 17.5 Å². The molecule has 1 amide bonds. The maximum absolute atomic E-state index is 12.4. The fourth-order valence-electron chi connectivity index (χ4n) is 2.25. The number of sulfonamides is 1. The molecule has 2 rings (SSSR count). The van der Waals surface area contributed by atoms with Gasteiger partial charge in [-0.05, 0) is 36.1 Å². The van der Waals surface area contributed by atoms with E-state index < -0.39 is 28.5 Å². The zero-order valence-corrected chi connectivity index (χ0v) is 17.4. The first kappa shape index (κ1) is 21.9. The minimum Gasteiger partial charge on any atom is -0.495 e. The summed E-state index contributed by atoms with van der Waals surface area (Å²) in [4.78, 5) is 25.0. The van der Waals surface area contributed by atoms with Crippen LogP contribution >= 0.6 is 11.3 Å². The number of carbonyl (C=O) groups excluding carboxylic acids is 2. The summed E-state index contributed by atoms with van der Waals surface area (Å²) in [7, 11) is 0.268. The van der Waals surface area contributed by atoms with Crippen LogP contribution in [0.25, 0.3) is 0 Å². The van der Waals surface area contributed by atoms with Crippen molar-refractivity contribution < 1.29 is 27.5 Å². The summed E-state index contributed by atoms with van der Waals surface area (Å²) in [6.45, 7) is -0.0181. The van der Waals surface area contributed by atoms with Crippen LogP contribution in [0, 0.1) is 0 Å². The Morgan fingerprint density at radius 2 is 1.96 bits per heavy atom. The highest BCUT2D eigenvalue weighted by Crippen LogP contribution is 2.27. The normalized spacial score (nSPS) is 11.3. The average molecular weight is 427 g/mol. The van der Waals surface area contributed by atoms with Crippen LogP contribution < -0.4 is 10.1 Å². The molecule has 2 aromatic rings. The van der Waals surface area contributed by atoms with Crippen LogP contribution in [-0.4, -0.2) is 59.0 Å². The van der Waals surface area contributed by atoms with Crippen molar-refractivity contribution in [3.8, 4) is 5.75 Å². The van der Waals surface area contributed by atoms with Gasteiger partial charge in [0.25, 0.3) is 5.91 Å². The molecule has 0 aliphatic heterocycles. The largest absolute Gasteiger partial charge is 0.495 e. The lowest BCUT2D eigenvalue weighted by atomic mass is 10.2. The first-order valence-electron chi connectivity index (χ1n) is 8.32. The van der Waals surface area contributed by atoms with Crippen molar-refractivity contribution in [2.24, 2.45) is 0 Å². The topological polar surface area (TPSA) is 102 Å². The predicted octanol–water partition coefficient (Wildman–Crippen LogP) is 1.52. The van der Waals surface area contributed by atoms with E-state index in [9.17, 15) is 18.0 Å². The molecular weight excluding hydrogens is 404 g/mol. The van der Waals surface area contributed by atoms with Crippen molar-refractivity contribution in [2.75, 3.05) is 34.4 Å². The summed E-state index contributed by atoms with van der Waals surface area (Å²) in [5.74, 6) is -1.12. The zero-order valence-electron chi connectivity index (χ0n) is 15.8. The molecule has 0 aliphatic carbocycles. The van der Waals surface area contributed by atoms with Gasteiger partial charge in [0.1, 0.15) is 10.6 Å². The van der Waals surface area contributed by atoms with Crippen LogP contribution in [-0.2, 0) is 26.0 Å². The van der Waals surface area contributed by atoms with Gasteiger partial charge in [0.05, 0.1) is 12.7 Å². The minimum absolute atomic E-state index is 0.00705. The summed E-state index contributed by atoms with van der Waals surface area (Å²) in [5.41, 5.74) is 0.00705. The van der Waals surface area contributed by atoms with Gasteiger partial charge in [-0.15, -0.1) is 11.3 Å². The van der Waals surface area contributed by atoms with Crippen LogP contribution in [0.4, 0.5) is 0 Å². The van der Waals surface area contributed by atoms with E-state index in [0.717, 1.165) is 9.18 Å². The van der Waals surface area contributed by atoms with Crippen LogP contribution in [0.15, 0.2) is 40.6 Å². The van der Waals surface area contributed by atoms with Gasteiger partial charge < -0.3 is 14.8 Å². The average Bonchev–Trinajstić information content (AvgIpc) is 3.18. The number of hydrogen-bond acceptors (Lipinski definition) is 7. The standard InChI is InChI=1S/C18H22N2O6S2/c1-20(2)28(23,24)16-11-13(6-7-15(16)25-3)18(22)26-12-17(21)19-9-8-14-5-4-10-27-14/h4-7,10-11H,8-9,12H2,1-3H3,(H,19,21). The second-order valence-electron chi connectivity index (χ2n) is 5.91. The molecular formula is C18H22N2O6S2. The van der Waals surface area contributed by atoms with Crippen LogP contribution in [0.3, 0.4) is 0 Å². The van der Waals surface area contributed by atoms with Crippen LogP contribution in [0.5, 0.6) is 5.75 Å². The SMILES string of the molecule is COc1ccc(C(=O)OCC(=O)NCCc2cccs2)cc1S(=O)(=O)N(C)C.